The summed E-state index contributed by atoms with van der Waals surface area (Å²) in [6, 6.07) is 16.4. The van der Waals surface area contributed by atoms with Gasteiger partial charge in [-0.3, -0.25) is 4.79 Å². The van der Waals surface area contributed by atoms with Crippen molar-refractivity contribution in [1.29, 1.82) is 0 Å². The second-order valence-electron chi connectivity index (χ2n) is 6.84. The number of fused-ring (bicyclic) bond motifs is 3. The third kappa shape index (κ3) is 2.35. The van der Waals surface area contributed by atoms with Crippen LogP contribution in [-0.4, -0.2) is 5.78 Å². The molecule has 0 spiro atoms. The lowest BCUT2D eigenvalue weighted by Gasteiger charge is -2.29. The maximum absolute atomic E-state index is 13.7. The lowest BCUT2D eigenvalue weighted by Crippen LogP contribution is -2.30. The van der Waals surface area contributed by atoms with E-state index in [9.17, 15) is 4.79 Å². The maximum atomic E-state index is 13.7. The van der Waals surface area contributed by atoms with Crippen LogP contribution in [0.2, 0.25) is 0 Å². The minimum atomic E-state index is -0.183. The topological polar surface area (TPSA) is 29.4 Å². The second-order valence-corrected chi connectivity index (χ2v) is 7.89. The van der Waals surface area contributed by atoms with Crippen molar-refractivity contribution in [1.82, 2.24) is 0 Å². The highest BCUT2D eigenvalue weighted by Crippen LogP contribution is 2.47. The zero-order valence-corrected chi connectivity index (χ0v) is 15.2. The molecule has 2 aromatic carbocycles. The Morgan fingerprint density at radius 2 is 1.92 bits per heavy atom. The van der Waals surface area contributed by atoms with Crippen LogP contribution >= 0.6 is 11.8 Å². The van der Waals surface area contributed by atoms with Crippen LogP contribution in [0.1, 0.15) is 16.4 Å². The molecular formula is C23H17NOS. The predicted octanol–water partition coefficient (Wildman–Crippen LogP) is 3.79. The van der Waals surface area contributed by atoms with Gasteiger partial charge in [-0.05, 0) is 35.6 Å². The third-order valence-corrected chi connectivity index (χ3v) is 6.28. The molecule has 2 aliphatic heterocycles. The van der Waals surface area contributed by atoms with Crippen LogP contribution in [0.25, 0.3) is 5.57 Å². The Morgan fingerprint density at radius 1 is 1.04 bits per heavy atom. The summed E-state index contributed by atoms with van der Waals surface area (Å²) in [5, 5.41) is 4.05. The van der Waals surface area contributed by atoms with Gasteiger partial charge in [0.1, 0.15) is 0 Å². The van der Waals surface area contributed by atoms with E-state index in [1.807, 2.05) is 30.3 Å². The zero-order valence-electron chi connectivity index (χ0n) is 14.3. The number of nitrogens with zero attached hydrogens (tertiary/aromatic N) is 1. The molecule has 0 saturated carbocycles. The highest BCUT2D eigenvalue weighted by molar-refractivity contribution is 8.02. The van der Waals surface area contributed by atoms with Gasteiger partial charge >= 0.3 is 0 Å². The van der Waals surface area contributed by atoms with Crippen molar-refractivity contribution in [3.8, 4) is 0 Å². The number of allylic oxidation sites excluding steroid dienone is 5. The molecule has 5 rings (SSSR count). The van der Waals surface area contributed by atoms with Crippen LogP contribution in [0.3, 0.4) is 0 Å². The molecule has 0 bridgehead atoms. The number of para-hydroxylation sites is 1. The van der Waals surface area contributed by atoms with Crippen molar-refractivity contribution in [2.45, 2.75) is 12.2 Å². The molecule has 0 aromatic heterocycles. The second kappa shape index (κ2) is 5.96. The van der Waals surface area contributed by atoms with Gasteiger partial charge in [-0.2, -0.15) is 0 Å². The Kier molecular flexibility index (Phi) is 3.57. The molecule has 3 aliphatic rings. The van der Waals surface area contributed by atoms with Gasteiger partial charge in [-0.15, -0.1) is 11.8 Å². The first-order chi connectivity index (χ1) is 12.7. The minimum Gasteiger partial charge on any atom is -0.293 e. The molecule has 2 aromatic rings. The average molecular weight is 355 g/mol. The lowest BCUT2D eigenvalue weighted by molar-refractivity contribution is -0.116. The summed E-state index contributed by atoms with van der Waals surface area (Å²) < 4.78 is 0. The Balaban J connectivity index is 1.71. The van der Waals surface area contributed by atoms with E-state index in [2.05, 4.69) is 53.7 Å². The highest BCUT2D eigenvalue weighted by Gasteiger charge is 2.38. The summed E-state index contributed by atoms with van der Waals surface area (Å²) in [5.74, 6) is -0.00559. The fraction of sp³-hybridized carbons (Fsp3) is 0.130. The number of thioether (sulfide) groups is 1. The number of rotatable bonds is 1. The molecule has 0 radical (unpaired) electrons. The molecule has 2 unspecified atom stereocenters. The Labute approximate surface area is 156 Å². The zero-order chi connectivity index (χ0) is 17.7. The van der Waals surface area contributed by atoms with Crippen LogP contribution in [0.15, 0.2) is 88.4 Å². The van der Waals surface area contributed by atoms with Gasteiger partial charge in [0.2, 0.25) is 0 Å². The monoisotopic (exact) mass is 355 g/mol. The fourth-order valence-corrected chi connectivity index (χ4v) is 5.09. The first-order valence-electron chi connectivity index (χ1n) is 8.75. The van der Waals surface area contributed by atoms with E-state index in [1.54, 1.807) is 11.8 Å². The van der Waals surface area contributed by atoms with Gasteiger partial charge in [0, 0.05) is 10.5 Å². The van der Waals surface area contributed by atoms with Crippen molar-refractivity contribution < 1.29 is 4.79 Å². The summed E-state index contributed by atoms with van der Waals surface area (Å²) in [5.41, 5.74) is 5.06. The molecule has 2 atom stereocenters. The van der Waals surface area contributed by atoms with Gasteiger partial charge in [-0.25, -0.2) is 4.99 Å². The van der Waals surface area contributed by atoms with Crippen molar-refractivity contribution >= 4 is 23.1 Å². The van der Waals surface area contributed by atoms with Crippen LogP contribution in [0, 0.1) is 12.8 Å². The van der Waals surface area contributed by atoms with Crippen molar-refractivity contribution in [2.75, 3.05) is 0 Å². The van der Waals surface area contributed by atoms with Gasteiger partial charge in [0.15, 0.2) is 5.78 Å². The normalized spacial score (nSPS) is 23.3. The predicted molar refractivity (Wildman–Crippen MR) is 106 cm³/mol. The molecule has 0 fully saturated rings. The number of aryl methyl sites for hydroxylation is 1. The van der Waals surface area contributed by atoms with Gasteiger partial charge in [0.25, 0.3) is 0 Å². The van der Waals surface area contributed by atoms with Crippen LogP contribution in [0.4, 0.5) is 0 Å². The van der Waals surface area contributed by atoms with E-state index in [1.165, 1.54) is 11.1 Å². The minimum absolute atomic E-state index is 0.0895. The number of benzene rings is 2. The molecule has 2 heterocycles. The molecule has 2 nitrogen and oxygen atoms in total. The van der Waals surface area contributed by atoms with Crippen molar-refractivity contribution in [2.24, 2.45) is 10.9 Å². The number of hydrogen-bond acceptors (Lipinski definition) is 3. The lowest BCUT2D eigenvalue weighted by atomic mass is 9.84. The standard InChI is InChI=1S/C23H17NOS/c1-14-5-4-6-16(13-14)23-20-15(11-12-26-23)9-10-19-21(22(20)25)17-7-2-3-8-18(17)24-19/h2-13,20,23H,1H3. The Bertz CT molecular complexity index is 1150. The number of Topliss-reactive ketones (excluding diaryl/α,β-unsaturated/α-hetero) is 1. The SMILES string of the molecule is Cc1cccc(C2SC=CC3=CC=C4N=c5ccccc5=C4C(=O)C32)c1. The molecule has 0 N–H and O–H groups in total. The van der Waals surface area contributed by atoms with E-state index >= 15 is 0 Å². The largest absolute Gasteiger partial charge is 0.293 e. The molecule has 26 heavy (non-hydrogen) atoms. The van der Waals surface area contributed by atoms with E-state index < -0.39 is 0 Å². The summed E-state index contributed by atoms with van der Waals surface area (Å²) >= 11 is 1.73. The molecule has 0 amide bonds. The molecule has 0 saturated heterocycles. The average Bonchev–Trinajstić information content (AvgIpc) is 2.97. The molecule has 1 aliphatic carbocycles. The highest BCUT2D eigenvalue weighted by atomic mass is 32.2. The van der Waals surface area contributed by atoms with E-state index in [0.717, 1.165) is 27.4 Å². The van der Waals surface area contributed by atoms with Crippen LogP contribution in [0.5, 0.6) is 0 Å². The fourth-order valence-electron chi connectivity index (χ4n) is 3.94. The number of ketones is 1. The van der Waals surface area contributed by atoms with Crippen molar-refractivity contribution in [3.63, 3.8) is 0 Å². The van der Waals surface area contributed by atoms with Gasteiger partial charge < -0.3 is 0 Å². The van der Waals surface area contributed by atoms with E-state index in [-0.39, 0.29) is 17.0 Å². The Morgan fingerprint density at radius 3 is 2.81 bits per heavy atom. The quantitative estimate of drug-likeness (QED) is 0.779. The van der Waals surface area contributed by atoms with E-state index in [0.29, 0.717) is 0 Å². The molecular weight excluding hydrogens is 338 g/mol. The number of hydrogen-bond donors (Lipinski definition) is 0. The first kappa shape index (κ1) is 15.6. The maximum Gasteiger partial charge on any atom is 0.174 e. The van der Waals surface area contributed by atoms with Crippen LogP contribution < -0.4 is 10.6 Å². The smallest absolute Gasteiger partial charge is 0.174 e. The summed E-state index contributed by atoms with van der Waals surface area (Å²) in [6.45, 7) is 2.10. The third-order valence-electron chi connectivity index (χ3n) is 5.15. The molecule has 126 valence electrons. The summed E-state index contributed by atoms with van der Waals surface area (Å²) in [7, 11) is 0. The van der Waals surface area contributed by atoms with Gasteiger partial charge in [0.05, 0.1) is 22.5 Å². The number of carbonyl (C=O) groups is 1. The van der Waals surface area contributed by atoms with Crippen LogP contribution in [-0.2, 0) is 4.79 Å². The first-order valence-corrected chi connectivity index (χ1v) is 9.70. The van der Waals surface area contributed by atoms with Crippen molar-refractivity contribution in [3.05, 3.63) is 105 Å². The summed E-state index contributed by atoms with van der Waals surface area (Å²) in [4.78, 5) is 18.3. The van der Waals surface area contributed by atoms with Gasteiger partial charge in [-0.1, -0.05) is 60.2 Å². The summed E-state index contributed by atoms with van der Waals surface area (Å²) in [6.07, 6.45) is 6.14. The molecule has 3 heteroatoms. The van der Waals surface area contributed by atoms with E-state index in [4.69, 9.17) is 0 Å². The Hall–Kier alpha value is -2.65. The number of carbonyl (C=O) groups excluding carboxylic acids is 1.